The number of aryl methyl sites for hydroxylation is 1. The molecule has 1 radical (unpaired) electrons. The van der Waals surface area contributed by atoms with Crippen molar-refractivity contribution in [3.8, 4) is 33.6 Å². The van der Waals surface area contributed by atoms with Gasteiger partial charge in [0.2, 0.25) is 0 Å². The van der Waals surface area contributed by atoms with Gasteiger partial charge in [-0.3, -0.25) is 4.98 Å². The molecule has 0 aliphatic rings. The summed E-state index contributed by atoms with van der Waals surface area (Å²) in [7, 11) is 0. The summed E-state index contributed by atoms with van der Waals surface area (Å²) in [6.07, 6.45) is 7.40. The average molecular weight is 732 g/mol. The third-order valence-corrected chi connectivity index (χ3v) is 7.25. The Labute approximate surface area is 263 Å². The smallest absolute Gasteiger partial charge is 0.128 e. The Morgan fingerprint density at radius 2 is 1.44 bits per heavy atom. The van der Waals surface area contributed by atoms with Gasteiger partial charge in [-0.1, -0.05) is 71.6 Å². The van der Waals surface area contributed by atoms with E-state index in [-0.39, 0.29) is 20.1 Å². The maximum atomic E-state index is 6.48. The van der Waals surface area contributed by atoms with Crippen LogP contribution in [0.3, 0.4) is 0 Å². The van der Waals surface area contributed by atoms with E-state index in [9.17, 15) is 0 Å². The molecular formula is C38H25IrN3O-2. The Morgan fingerprint density at radius 3 is 2.26 bits per heavy atom. The number of nitrogens with zero attached hydrogens (tertiary/aromatic N) is 3. The number of hydrogen-bond donors (Lipinski definition) is 0. The predicted octanol–water partition coefficient (Wildman–Crippen LogP) is 9.52. The molecule has 0 aliphatic heterocycles. The Balaban J connectivity index is 0.000000199. The summed E-state index contributed by atoms with van der Waals surface area (Å²) in [5, 5.41) is 4.43. The largest absolute Gasteiger partial charge is 0.500 e. The molecule has 5 heteroatoms. The van der Waals surface area contributed by atoms with Crippen molar-refractivity contribution in [3.05, 3.63) is 152 Å². The molecule has 0 saturated carbocycles. The molecule has 0 amide bonds. The molecule has 0 unspecified atom stereocenters. The first-order chi connectivity index (χ1) is 20.8. The number of para-hydroxylation sites is 1. The van der Waals surface area contributed by atoms with Gasteiger partial charge in [-0.2, -0.15) is 0 Å². The van der Waals surface area contributed by atoms with Gasteiger partial charge in [0.25, 0.3) is 0 Å². The molecule has 8 rings (SSSR count). The van der Waals surface area contributed by atoms with E-state index in [1.807, 2.05) is 86.2 Å². The fourth-order valence-corrected chi connectivity index (χ4v) is 5.20. The minimum atomic E-state index is 0. The van der Waals surface area contributed by atoms with Crippen molar-refractivity contribution >= 4 is 32.7 Å². The minimum Gasteiger partial charge on any atom is -0.500 e. The van der Waals surface area contributed by atoms with Gasteiger partial charge in [0.1, 0.15) is 5.58 Å². The van der Waals surface area contributed by atoms with Crippen LogP contribution in [0.15, 0.2) is 138 Å². The average Bonchev–Trinajstić information content (AvgIpc) is 3.45. The van der Waals surface area contributed by atoms with Crippen LogP contribution in [0.2, 0.25) is 0 Å². The van der Waals surface area contributed by atoms with E-state index in [0.717, 1.165) is 66.4 Å². The van der Waals surface area contributed by atoms with Crippen LogP contribution in [0.1, 0.15) is 5.56 Å². The van der Waals surface area contributed by atoms with Crippen LogP contribution in [-0.4, -0.2) is 15.0 Å². The molecular weight excluding hydrogens is 707 g/mol. The van der Waals surface area contributed by atoms with Crippen molar-refractivity contribution in [1.82, 2.24) is 15.0 Å². The Bertz CT molecular complexity index is 2140. The normalized spacial score (nSPS) is 10.7. The van der Waals surface area contributed by atoms with Gasteiger partial charge in [0, 0.05) is 61.2 Å². The Kier molecular flexibility index (Phi) is 8.19. The molecule has 43 heavy (non-hydrogen) atoms. The summed E-state index contributed by atoms with van der Waals surface area (Å²) in [5.41, 5.74) is 8.79. The number of hydrogen-bond acceptors (Lipinski definition) is 4. The third kappa shape index (κ3) is 5.61. The number of pyridine rings is 3. The van der Waals surface area contributed by atoms with Crippen LogP contribution in [0.5, 0.6) is 0 Å². The summed E-state index contributed by atoms with van der Waals surface area (Å²) in [6.45, 7) is 2.03. The SMILES string of the molecule is Cc1ccc(-c2[c-]cccc2)nc1.[Ir].[c-]1ccc2c(oc3c(-c4cccc5ccncc45)cccc32)c1-c1ccccn1. The summed E-state index contributed by atoms with van der Waals surface area (Å²) in [5.74, 6) is 0. The van der Waals surface area contributed by atoms with E-state index < -0.39 is 0 Å². The van der Waals surface area contributed by atoms with Crippen molar-refractivity contribution in [1.29, 1.82) is 0 Å². The topological polar surface area (TPSA) is 51.8 Å². The van der Waals surface area contributed by atoms with Crippen molar-refractivity contribution in [3.63, 3.8) is 0 Å². The van der Waals surface area contributed by atoms with Gasteiger partial charge < -0.3 is 14.4 Å². The van der Waals surface area contributed by atoms with Crippen LogP contribution >= 0.6 is 0 Å². The van der Waals surface area contributed by atoms with Crippen molar-refractivity contribution in [2.75, 3.05) is 0 Å². The summed E-state index contributed by atoms with van der Waals surface area (Å²) in [4.78, 5) is 13.1. The number of benzene rings is 4. The molecule has 0 atom stereocenters. The summed E-state index contributed by atoms with van der Waals surface area (Å²) >= 11 is 0. The first-order valence-corrected chi connectivity index (χ1v) is 13.8. The van der Waals surface area contributed by atoms with Crippen molar-refractivity contribution < 1.29 is 24.5 Å². The molecule has 4 nitrogen and oxygen atoms in total. The minimum absolute atomic E-state index is 0. The molecule has 209 valence electrons. The second-order valence-electron chi connectivity index (χ2n) is 9.99. The second kappa shape index (κ2) is 12.5. The zero-order valence-corrected chi connectivity index (χ0v) is 25.7. The maximum Gasteiger partial charge on any atom is 0.128 e. The number of furan rings is 1. The molecule has 4 aromatic heterocycles. The zero-order valence-electron chi connectivity index (χ0n) is 23.3. The van der Waals surface area contributed by atoms with Gasteiger partial charge >= 0.3 is 0 Å². The fraction of sp³-hybridized carbons (Fsp3) is 0.0263. The van der Waals surface area contributed by atoms with Gasteiger partial charge in [0.05, 0.1) is 5.58 Å². The monoisotopic (exact) mass is 732 g/mol. The number of rotatable bonds is 3. The predicted molar refractivity (Wildman–Crippen MR) is 170 cm³/mol. The molecule has 4 aromatic carbocycles. The molecule has 0 aliphatic carbocycles. The first kappa shape index (κ1) is 28.2. The number of aromatic nitrogens is 3. The van der Waals surface area contributed by atoms with E-state index >= 15 is 0 Å². The third-order valence-electron chi connectivity index (χ3n) is 7.25. The van der Waals surface area contributed by atoms with Crippen LogP contribution in [-0.2, 0) is 20.1 Å². The molecule has 0 spiro atoms. The molecule has 0 bridgehead atoms. The summed E-state index contributed by atoms with van der Waals surface area (Å²) in [6, 6.07) is 42.9. The van der Waals surface area contributed by atoms with Gasteiger partial charge in [-0.25, -0.2) is 0 Å². The summed E-state index contributed by atoms with van der Waals surface area (Å²) < 4.78 is 6.48. The van der Waals surface area contributed by atoms with Gasteiger partial charge in [0.15, 0.2) is 0 Å². The van der Waals surface area contributed by atoms with Crippen molar-refractivity contribution in [2.45, 2.75) is 6.92 Å². The van der Waals surface area contributed by atoms with Crippen LogP contribution in [0.4, 0.5) is 0 Å². The molecule has 0 fully saturated rings. The van der Waals surface area contributed by atoms with E-state index in [1.165, 1.54) is 5.56 Å². The van der Waals surface area contributed by atoms with Crippen LogP contribution in [0, 0.1) is 19.1 Å². The molecule has 4 heterocycles. The zero-order chi connectivity index (χ0) is 28.3. The van der Waals surface area contributed by atoms with E-state index in [0.29, 0.717) is 0 Å². The first-order valence-electron chi connectivity index (χ1n) is 13.8. The molecule has 0 saturated heterocycles. The quantitative estimate of drug-likeness (QED) is 0.170. The maximum absolute atomic E-state index is 6.48. The standard InChI is InChI=1S/C26H15N2O.C12H10N.Ir/c1-2-14-28-24(12-1)22-11-5-10-21-20-9-4-8-19(25(20)29-26(21)22)18-7-3-6-17-13-15-27-16-23(17)18;1-10-7-8-12(13-9-10)11-5-3-2-4-6-11;/h1-10,12-16H;2-5,7-9H,1H3;/q2*-1;. The van der Waals surface area contributed by atoms with Crippen LogP contribution < -0.4 is 0 Å². The fourth-order valence-electron chi connectivity index (χ4n) is 5.20. The van der Waals surface area contributed by atoms with Crippen molar-refractivity contribution in [2.24, 2.45) is 0 Å². The number of fused-ring (bicyclic) bond motifs is 4. The van der Waals surface area contributed by atoms with E-state index in [4.69, 9.17) is 4.42 Å². The Morgan fingerprint density at radius 1 is 0.581 bits per heavy atom. The molecule has 8 aromatic rings. The van der Waals surface area contributed by atoms with E-state index in [2.05, 4.69) is 75.6 Å². The van der Waals surface area contributed by atoms with Gasteiger partial charge in [-0.05, 0) is 47.0 Å². The molecule has 0 N–H and O–H groups in total. The van der Waals surface area contributed by atoms with Crippen LogP contribution in [0.25, 0.3) is 66.4 Å². The second-order valence-corrected chi connectivity index (χ2v) is 9.99. The van der Waals surface area contributed by atoms with Gasteiger partial charge in [-0.15, -0.1) is 54.1 Å². The van der Waals surface area contributed by atoms with E-state index in [1.54, 1.807) is 6.20 Å². The Hall–Kier alpha value is -4.96.